The van der Waals surface area contributed by atoms with Crippen molar-refractivity contribution in [2.75, 3.05) is 0 Å². The van der Waals surface area contributed by atoms with Gasteiger partial charge in [0.25, 0.3) is 0 Å². The van der Waals surface area contributed by atoms with Gasteiger partial charge in [0.15, 0.2) is 0 Å². The van der Waals surface area contributed by atoms with E-state index in [-0.39, 0.29) is 0 Å². The van der Waals surface area contributed by atoms with E-state index in [4.69, 9.17) is 0 Å². The normalized spacial score (nSPS) is 10.6. The SMILES string of the molecule is Cc1c(-c2ccccc2)cc(-c2ccccc2)cc1-c1ccccc1.Cc1cc(-c2ccccc2)c(-c2ccccc2)cc1-c1ccccc1.Cc1ccc(-c2cc(-c3ccccc3)cc(-c3ccccc3)c2)cc1.Cc1ccc(-c2ccc(-c3ccccc3)c(-c3ccccc3)c2)cc1.Cc1ccc(-c2ccc(-c3ccccc3)cc2-c2ccccc2)cc1. The van der Waals surface area contributed by atoms with Gasteiger partial charge in [-0.3, -0.25) is 0 Å². The molecule has 0 N–H and O–H groups in total. The van der Waals surface area contributed by atoms with E-state index in [1.807, 2.05) is 0 Å². The minimum Gasteiger partial charge on any atom is -0.0622 e. The van der Waals surface area contributed by atoms with Crippen LogP contribution in [0.3, 0.4) is 0 Å². The van der Waals surface area contributed by atoms with Crippen molar-refractivity contribution in [3.05, 3.63) is 543 Å². The van der Waals surface area contributed by atoms with E-state index < -0.39 is 0 Å². The van der Waals surface area contributed by atoms with Gasteiger partial charge >= 0.3 is 0 Å². The van der Waals surface area contributed by atoms with Gasteiger partial charge < -0.3 is 0 Å². The largest absolute Gasteiger partial charge is 0.0622 e. The van der Waals surface area contributed by atoms with E-state index in [1.54, 1.807) is 0 Å². The number of rotatable bonds is 15. The molecule has 600 valence electrons. The third-order valence-corrected chi connectivity index (χ3v) is 23.0. The molecule has 0 aliphatic heterocycles. The second-order valence-electron chi connectivity index (χ2n) is 31.7. The predicted molar refractivity (Wildman–Crippen MR) is 537 cm³/mol. The van der Waals surface area contributed by atoms with Crippen LogP contribution in [-0.2, 0) is 0 Å². The fourth-order valence-corrected chi connectivity index (χ4v) is 16.2. The van der Waals surface area contributed by atoms with E-state index in [0.717, 1.165) is 0 Å². The molecule has 0 radical (unpaired) electrons. The zero-order valence-electron chi connectivity index (χ0n) is 71.6. The Hall–Kier alpha value is -15.6. The van der Waals surface area contributed by atoms with Crippen LogP contribution in [0.4, 0.5) is 0 Å². The maximum atomic E-state index is 2.34. The molecule has 20 aromatic carbocycles. The van der Waals surface area contributed by atoms with Gasteiger partial charge in [0.1, 0.15) is 0 Å². The molecule has 20 aromatic rings. The lowest BCUT2D eigenvalue weighted by atomic mass is 9.88. The molecule has 0 aliphatic rings. The summed E-state index contributed by atoms with van der Waals surface area (Å²) in [6, 6.07) is 183. The predicted octanol–water partition coefficient (Wildman–Crippen LogP) is 35.0. The molecular formula is C125H100. The van der Waals surface area contributed by atoms with Crippen LogP contribution in [0.2, 0.25) is 0 Å². The Balaban J connectivity index is 0.000000115. The highest BCUT2D eigenvalue weighted by Crippen LogP contribution is 2.43. The van der Waals surface area contributed by atoms with E-state index in [9.17, 15) is 0 Å². The zero-order chi connectivity index (χ0) is 85.3. The van der Waals surface area contributed by atoms with Crippen LogP contribution in [0, 0.1) is 34.6 Å². The fourth-order valence-electron chi connectivity index (χ4n) is 16.2. The van der Waals surface area contributed by atoms with Gasteiger partial charge in [0.05, 0.1) is 0 Å². The molecule has 0 heteroatoms. The van der Waals surface area contributed by atoms with Gasteiger partial charge in [-0.15, -0.1) is 0 Å². The lowest BCUT2D eigenvalue weighted by Gasteiger charge is -2.16. The molecule has 0 fully saturated rings. The van der Waals surface area contributed by atoms with Crippen molar-refractivity contribution in [3.8, 4) is 167 Å². The highest BCUT2D eigenvalue weighted by atomic mass is 14.2. The van der Waals surface area contributed by atoms with Crippen LogP contribution in [0.25, 0.3) is 167 Å². The maximum absolute atomic E-state index is 2.34. The highest BCUT2D eigenvalue weighted by molar-refractivity contribution is 5.92. The smallest absolute Gasteiger partial charge is 0.00990 e. The number of aryl methyl sites for hydroxylation is 4. The molecule has 125 heavy (non-hydrogen) atoms. The molecular weight excluding hydrogens is 1500 g/mol. The van der Waals surface area contributed by atoms with E-state index >= 15 is 0 Å². The molecule has 0 nitrogen and oxygen atoms in total. The van der Waals surface area contributed by atoms with Crippen molar-refractivity contribution < 1.29 is 0 Å². The zero-order valence-corrected chi connectivity index (χ0v) is 71.6. The van der Waals surface area contributed by atoms with E-state index in [0.29, 0.717) is 0 Å². The topological polar surface area (TPSA) is 0 Å². The quantitative estimate of drug-likeness (QED) is 0.0960. The first kappa shape index (κ1) is 83.1. The average Bonchev–Trinajstić information content (AvgIpc) is 0.797. The van der Waals surface area contributed by atoms with Crippen LogP contribution in [-0.4, -0.2) is 0 Å². The minimum atomic E-state index is 1.24. The van der Waals surface area contributed by atoms with Gasteiger partial charge in [-0.05, 0) is 261 Å². The first-order valence-corrected chi connectivity index (χ1v) is 43.2. The summed E-state index contributed by atoms with van der Waals surface area (Å²) in [6.45, 7) is 10.8. The third kappa shape index (κ3) is 21.2. The van der Waals surface area contributed by atoms with Crippen LogP contribution in [0.15, 0.2) is 516 Å². The molecule has 0 spiro atoms. The van der Waals surface area contributed by atoms with Crippen molar-refractivity contribution >= 4 is 0 Å². The van der Waals surface area contributed by atoms with Crippen LogP contribution in [0.1, 0.15) is 27.8 Å². The van der Waals surface area contributed by atoms with Crippen LogP contribution in [0.5, 0.6) is 0 Å². The fraction of sp³-hybridized carbons (Fsp3) is 0.0400. The monoisotopic (exact) mass is 1600 g/mol. The molecule has 0 aliphatic carbocycles. The molecule has 0 aromatic heterocycles. The molecule has 0 saturated carbocycles. The second-order valence-corrected chi connectivity index (χ2v) is 31.7. The summed E-state index contributed by atoms with van der Waals surface area (Å²) in [4.78, 5) is 0. The van der Waals surface area contributed by atoms with Gasteiger partial charge in [-0.25, -0.2) is 0 Å². The van der Waals surface area contributed by atoms with Gasteiger partial charge in [0.2, 0.25) is 0 Å². The van der Waals surface area contributed by atoms with Crippen molar-refractivity contribution in [1.29, 1.82) is 0 Å². The summed E-state index contributed by atoms with van der Waals surface area (Å²) in [7, 11) is 0. The second kappa shape index (κ2) is 41.1. The first-order chi connectivity index (χ1) is 61.6. The Kier molecular flexibility index (Phi) is 27.3. The van der Waals surface area contributed by atoms with E-state index in [2.05, 4.69) is 550 Å². The minimum absolute atomic E-state index is 1.24. The molecule has 0 bridgehead atoms. The Morgan fingerprint density at radius 2 is 0.264 bits per heavy atom. The highest BCUT2D eigenvalue weighted by Gasteiger charge is 2.17. The summed E-state index contributed by atoms with van der Waals surface area (Å²) < 4.78 is 0. The molecule has 0 amide bonds. The van der Waals surface area contributed by atoms with Gasteiger partial charge in [-0.1, -0.05) is 484 Å². The van der Waals surface area contributed by atoms with Gasteiger partial charge in [0, 0.05) is 0 Å². The number of benzene rings is 20. The summed E-state index contributed by atoms with van der Waals surface area (Å²) in [5.41, 5.74) is 44.2. The lowest BCUT2D eigenvalue weighted by Crippen LogP contribution is -1.91. The molecule has 20 rings (SSSR count). The Labute approximate surface area is 739 Å². The lowest BCUT2D eigenvalue weighted by molar-refractivity contribution is 1.44. The summed E-state index contributed by atoms with van der Waals surface area (Å²) in [5, 5.41) is 0. The Morgan fingerprint density at radius 3 is 0.544 bits per heavy atom. The van der Waals surface area contributed by atoms with Crippen molar-refractivity contribution in [3.63, 3.8) is 0 Å². The van der Waals surface area contributed by atoms with Crippen molar-refractivity contribution in [2.45, 2.75) is 34.6 Å². The van der Waals surface area contributed by atoms with Crippen molar-refractivity contribution in [2.24, 2.45) is 0 Å². The molecule has 0 heterocycles. The summed E-state index contributed by atoms with van der Waals surface area (Å²) in [5.74, 6) is 0. The summed E-state index contributed by atoms with van der Waals surface area (Å²) >= 11 is 0. The first-order valence-electron chi connectivity index (χ1n) is 43.2. The van der Waals surface area contributed by atoms with Crippen LogP contribution < -0.4 is 0 Å². The maximum Gasteiger partial charge on any atom is -0.00990 e. The number of hydrogen-bond acceptors (Lipinski definition) is 0. The Bertz CT molecular complexity index is 6670. The van der Waals surface area contributed by atoms with Gasteiger partial charge in [-0.2, -0.15) is 0 Å². The molecule has 0 saturated heterocycles. The van der Waals surface area contributed by atoms with Crippen LogP contribution >= 0.6 is 0 Å². The molecule has 0 atom stereocenters. The number of hydrogen-bond donors (Lipinski definition) is 0. The molecule has 0 unspecified atom stereocenters. The van der Waals surface area contributed by atoms with E-state index in [1.165, 1.54) is 195 Å². The average molecular weight is 1600 g/mol. The standard InChI is InChI=1S/5C25H20/c1-19-24(21-13-7-3-8-14-21)17-23(20-11-5-2-6-12-20)18-25(19)22-15-9-4-10-16-22;1-19-17-24(21-13-7-3-8-14-21)25(22-15-9-4-10-16-22)18-23(19)20-11-5-2-6-12-20;1-19-12-14-22(15-13-19)25-17-23(20-8-4-2-5-9-20)16-24(18-25)21-10-6-3-7-11-21;1-19-12-14-20(15-13-19)23-16-17-24(21-8-4-2-5-9-21)25(18-23)22-10-6-3-7-11-22;1-19-12-14-22(15-13-19)24-17-16-23(20-8-4-2-5-9-20)18-25(24)21-10-6-3-7-11-21/h5*2-18H,1H3. The summed E-state index contributed by atoms with van der Waals surface area (Å²) in [6.07, 6.45) is 0. The van der Waals surface area contributed by atoms with Crippen molar-refractivity contribution in [1.82, 2.24) is 0 Å². The Morgan fingerprint density at radius 1 is 0.0960 bits per heavy atom. The third-order valence-electron chi connectivity index (χ3n) is 23.0.